The smallest absolute Gasteiger partial charge is 0.138 e. The van der Waals surface area contributed by atoms with E-state index in [0.29, 0.717) is 0 Å². The molecule has 0 aromatic carbocycles. The highest BCUT2D eigenvalue weighted by molar-refractivity contribution is 5.54. The fourth-order valence-electron chi connectivity index (χ4n) is 2.61. The van der Waals surface area contributed by atoms with Gasteiger partial charge in [-0.3, -0.25) is 4.40 Å². The molecule has 0 N–H and O–H groups in total. The number of fused-ring (bicyclic) bond motifs is 1. The van der Waals surface area contributed by atoms with Crippen LogP contribution >= 0.6 is 0 Å². The molecule has 0 atom stereocenters. The molecule has 4 nitrogen and oxygen atoms in total. The van der Waals surface area contributed by atoms with E-state index >= 15 is 0 Å². The Hall–Kier alpha value is -1.55. The van der Waals surface area contributed by atoms with Gasteiger partial charge in [0.15, 0.2) is 0 Å². The average molecular weight is 244 g/mol. The topological polar surface area (TPSA) is 23.8 Å². The van der Waals surface area contributed by atoms with Gasteiger partial charge < -0.3 is 9.80 Å². The van der Waals surface area contributed by atoms with Crippen LogP contribution in [-0.2, 0) is 0 Å². The van der Waals surface area contributed by atoms with Crippen molar-refractivity contribution in [3.63, 3.8) is 0 Å². The van der Waals surface area contributed by atoms with Crippen molar-refractivity contribution in [2.45, 2.75) is 13.8 Å². The van der Waals surface area contributed by atoms with Crippen LogP contribution in [0, 0.1) is 13.8 Å². The van der Waals surface area contributed by atoms with Gasteiger partial charge in [-0.15, -0.1) is 0 Å². The lowest BCUT2D eigenvalue weighted by atomic mass is 10.3. The molecule has 18 heavy (non-hydrogen) atoms. The summed E-state index contributed by atoms with van der Waals surface area (Å²) in [4.78, 5) is 9.45. The predicted molar refractivity (Wildman–Crippen MR) is 74.4 cm³/mol. The van der Waals surface area contributed by atoms with Gasteiger partial charge in [-0.25, -0.2) is 4.98 Å². The number of imidazole rings is 1. The summed E-state index contributed by atoms with van der Waals surface area (Å²) < 4.78 is 2.28. The van der Waals surface area contributed by atoms with Gasteiger partial charge in [0.25, 0.3) is 0 Å². The summed E-state index contributed by atoms with van der Waals surface area (Å²) in [5, 5.41) is 0. The van der Waals surface area contributed by atoms with E-state index in [-0.39, 0.29) is 0 Å². The van der Waals surface area contributed by atoms with E-state index in [0.717, 1.165) is 37.5 Å². The van der Waals surface area contributed by atoms with E-state index in [4.69, 9.17) is 0 Å². The third-order valence-electron chi connectivity index (χ3n) is 3.92. The van der Waals surface area contributed by atoms with Crippen LogP contribution in [0.25, 0.3) is 5.65 Å². The molecular weight excluding hydrogens is 224 g/mol. The number of piperazine rings is 1. The first-order valence-corrected chi connectivity index (χ1v) is 6.55. The van der Waals surface area contributed by atoms with Gasteiger partial charge in [-0.2, -0.15) is 0 Å². The van der Waals surface area contributed by atoms with Crippen molar-refractivity contribution in [3.05, 3.63) is 29.6 Å². The highest BCUT2D eigenvalue weighted by atomic mass is 15.3. The molecule has 1 aliphatic rings. The molecule has 0 aliphatic carbocycles. The molecule has 4 heteroatoms. The molecule has 0 unspecified atom stereocenters. The van der Waals surface area contributed by atoms with Gasteiger partial charge in [0, 0.05) is 31.9 Å². The van der Waals surface area contributed by atoms with Crippen molar-refractivity contribution in [1.82, 2.24) is 14.3 Å². The summed E-state index contributed by atoms with van der Waals surface area (Å²) >= 11 is 0. The molecule has 0 radical (unpaired) electrons. The van der Waals surface area contributed by atoms with Crippen LogP contribution < -0.4 is 4.90 Å². The summed E-state index contributed by atoms with van der Waals surface area (Å²) in [6, 6.07) is 6.39. The normalized spacial score (nSPS) is 17.6. The van der Waals surface area contributed by atoms with Crippen LogP contribution in [-0.4, -0.2) is 47.5 Å². The first kappa shape index (κ1) is 11.5. The third kappa shape index (κ3) is 1.77. The summed E-state index contributed by atoms with van der Waals surface area (Å²) in [5.74, 6) is 1.28. The summed E-state index contributed by atoms with van der Waals surface area (Å²) in [6.45, 7) is 8.66. The molecule has 0 amide bonds. The number of hydrogen-bond donors (Lipinski definition) is 0. The molecule has 2 aromatic rings. The Labute approximate surface area is 108 Å². The number of hydrogen-bond acceptors (Lipinski definition) is 3. The van der Waals surface area contributed by atoms with Gasteiger partial charge in [0.05, 0.1) is 5.69 Å². The zero-order chi connectivity index (χ0) is 12.7. The molecule has 1 saturated heterocycles. The number of nitrogens with zero attached hydrogens (tertiary/aromatic N) is 4. The molecule has 0 spiro atoms. The monoisotopic (exact) mass is 244 g/mol. The maximum Gasteiger partial charge on any atom is 0.138 e. The maximum atomic E-state index is 4.61. The lowest BCUT2D eigenvalue weighted by molar-refractivity contribution is 0.311. The van der Waals surface area contributed by atoms with Crippen molar-refractivity contribution in [2.75, 3.05) is 38.1 Å². The lowest BCUT2D eigenvalue weighted by Crippen LogP contribution is -2.45. The number of aromatic nitrogens is 2. The second-order valence-electron chi connectivity index (χ2n) is 5.15. The Morgan fingerprint density at radius 2 is 1.78 bits per heavy atom. The highest BCUT2D eigenvalue weighted by Crippen LogP contribution is 2.21. The van der Waals surface area contributed by atoms with E-state index < -0.39 is 0 Å². The van der Waals surface area contributed by atoms with Gasteiger partial charge in [-0.05, 0) is 33.0 Å². The zero-order valence-electron chi connectivity index (χ0n) is 11.3. The van der Waals surface area contributed by atoms with Gasteiger partial charge in [0.1, 0.15) is 11.5 Å². The van der Waals surface area contributed by atoms with Crippen LogP contribution in [0.3, 0.4) is 0 Å². The molecule has 1 aliphatic heterocycles. The van der Waals surface area contributed by atoms with E-state index in [1.807, 2.05) is 0 Å². The van der Waals surface area contributed by atoms with E-state index in [1.54, 1.807) is 0 Å². The lowest BCUT2D eigenvalue weighted by Gasteiger charge is -2.34. The molecule has 2 aromatic heterocycles. The van der Waals surface area contributed by atoms with E-state index in [1.165, 1.54) is 11.5 Å². The van der Waals surface area contributed by atoms with Crippen molar-refractivity contribution in [2.24, 2.45) is 0 Å². The van der Waals surface area contributed by atoms with Crippen LogP contribution in [0.5, 0.6) is 0 Å². The minimum absolute atomic E-state index is 1.06. The van der Waals surface area contributed by atoms with E-state index in [2.05, 4.69) is 58.3 Å². The summed E-state index contributed by atoms with van der Waals surface area (Å²) in [5.41, 5.74) is 3.43. The quantitative estimate of drug-likeness (QED) is 0.763. The summed E-state index contributed by atoms with van der Waals surface area (Å²) in [7, 11) is 2.19. The Morgan fingerprint density at radius 3 is 2.50 bits per heavy atom. The molecule has 1 fully saturated rings. The first-order valence-electron chi connectivity index (χ1n) is 6.55. The van der Waals surface area contributed by atoms with Crippen molar-refractivity contribution < 1.29 is 0 Å². The molecule has 0 saturated carbocycles. The highest BCUT2D eigenvalue weighted by Gasteiger charge is 2.17. The fourth-order valence-corrected chi connectivity index (χ4v) is 2.61. The SMILES string of the molecule is Cc1nc2cccc(N3CCN(C)CC3)n2c1C. The largest absolute Gasteiger partial charge is 0.355 e. The Morgan fingerprint density at radius 1 is 1.06 bits per heavy atom. The predicted octanol–water partition coefficient (Wildman–Crippen LogP) is 1.70. The number of anilines is 1. The van der Waals surface area contributed by atoms with Crippen molar-refractivity contribution >= 4 is 11.5 Å². The number of rotatable bonds is 1. The Balaban J connectivity index is 2.06. The molecule has 3 rings (SSSR count). The number of aryl methyl sites for hydroxylation is 2. The molecule has 0 bridgehead atoms. The second kappa shape index (κ2) is 4.28. The zero-order valence-corrected chi connectivity index (χ0v) is 11.3. The number of pyridine rings is 1. The van der Waals surface area contributed by atoms with Crippen molar-refractivity contribution in [3.8, 4) is 0 Å². The van der Waals surface area contributed by atoms with Crippen LogP contribution in [0.15, 0.2) is 18.2 Å². The first-order chi connectivity index (χ1) is 8.66. The molecule has 3 heterocycles. The number of likely N-dealkylation sites (N-methyl/N-ethyl adjacent to an activating group) is 1. The standard InChI is InChI=1S/C14H20N4/c1-11-12(2)18-13(15-11)5-4-6-14(18)17-9-7-16(3)8-10-17/h4-6H,7-10H2,1-3H3. The molecular formula is C14H20N4. The van der Waals surface area contributed by atoms with Gasteiger partial charge in [0.2, 0.25) is 0 Å². The van der Waals surface area contributed by atoms with Crippen molar-refractivity contribution in [1.29, 1.82) is 0 Å². The minimum Gasteiger partial charge on any atom is -0.355 e. The van der Waals surface area contributed by atoms with Gasteiger partial charge in [-0.1, -0.05) is 6.07 Å². The van der Waals surface area contributed by atoms with Crippen LogP contribution in [0.2, 0.25) is 0 Å². The second-order valence-corrected chi connectivity index (χ2v) is 5.15. The van der Waals surface area contributed by atoms with Crippen LogP contribution in [0.4, 0.5) is 5.82 Å². The average Bonchev–Trinajstić information content (AvgIpc) is 2.66. The maximum absolute atomic E-state index is 4.61. The van der Waals surface area contributed by atoms with Gasteiger partial charge >= 0.3 is 0 Å². The Bertz CT molecular complexity index is 564. The van der Waals surface area contributed by atoms with Crippen LogP contribution in [0.1, 0.15) is 11.4 Å². The minimum atomic E-state index is 1.06. The third-order valence-corrected chi connectivity index (χ3v) is 3.92. The molecule has 96 valence electrons. The Kier molecular flexibility index (Phi) is 2.74. The van der Waals surface area contributed by atoms with E-state index in [9.17, 15) is 0 Å². The fraction of sp³-hybridized carbons (Fsp3) is 0.500. The summed E-state index contributed by atoms with van der Waals surface area (Å²) in [6.07, 6.45) is 0.